The normalized spacial score (nSPS) is 13.5. The number of nitrogens with one attached hydrogen (secondary N) is 1. The zero-order valence-corrected chi connectivity index (χ0v) is 14.4. The number of pyridine rings is 1. The predicted octanol–water partition coefficient (Wildman–Crippen LogP) is 2.60. The third kappa shape index (κ3) is 3.15. The number of aryl methyl sites for hydroxylation is 1. The fourth-order valence-electron chi connectivity index (χ4n) is 2.43. The van der Waals surface area contributed by atoms with E-state index in [0.29, 0.717) is 11.3 Å². The molecular weight excluding hydrogens is 328 g/mol. The van der Waals surface area contributed by atoms with Crippen molar-refractivity contribution in [2.75, 3.05) is 0 Å². The van der Waals surface area contributed by atoms with E-state index in [1.54, 1.807) is 25.3 Å². The van der Waals surface area contributed by atoms with Gasteiger partial charge in [0.25, 0.3) is 0 Å². The minimum atomic E-state index is -3.81. The highest BCUT2D eigenvalue weighted by atomic mass is 32.2. The Kier molecular flexibility index (Phi) is 4.33. The van der Waals surface area contributed by atoms with Crippen molar-refractivity contribution >= 4 is 20.9 Å². The van der Waals surface area contributed by atoms with Gasteiger partial charge in [-0.25, -0.2) is 8.42 Å². The standard InChI is InChI=1S/C16H18N4O3S/c1-10(2)14(16-18-11(3)19-23-16)20-24(21,22)13-8-4-6-12-7-5-9-17-15(12)13/h4-10,14,20H,1-3H3. The number of rotatable bonds is 5. The second kappa shape index (κ2) is 6.29. The molecule has 0 spiro atoms. The first-order valence-electron chi connectivity index (χ1n) is 7.55. The van der Waals surface area contributed by atoms with Crippen LogP contribution < -0.4 is 4.72 Å². The van der Waals surface area contributed by atoms with Gasteiger partial charge in [0.05, 0.1) is 5.52 Å². The lowest BCUT2D eigenvalue weighted by molar-refractivity contribution is 0.310. The first kappa shape index (κ1) is 16.5. The summed E-state index contributed by atoms with van der Waals surface area (Å²) in [4.78, 5) is 8.49. The van der Waals surface area contributed by atoms with E-state index in [-0.39, 0.29) is 16.7 Å². The number of fused-ring (bicyclic) bond motifs is 1. The van der Waals surface area contributed by atoms with Crippen LogP contribution in [-0.4, -0.2) is 23.5 Å². The number of aromatic nitrogens is 3. The fourth-order valence-corrected chi connectivity index (χ4v) is 3.95. The summed E-state index contributed by atoms with van der Waals surface area (Å²) < 4.78 is 33.6. The van der Waals surface area contributed by atoms with Gasteiger partial charge in [0.15, 0.2) is 5.82 Å². The molecule has 0 saturated heterocycles. The third-order valence-corrected chi connectivity index (χ3v) is 5.12. The second-order valence-corrected chi connectivity index (χ2v) is 7.54. The largest absolute Gasteiger partial charge is 0.338 e. The Morgan fingerprint density at radius 2 is 1.92 bits per heavy atom. The second-order valence-electron chi connectivity index (χ2n) is 5.85. The van der Waals surface area contributed by atoms with Crippen LogP contribution in [0.5, 0.6) is 0 Å². The van der Waals surface area contributed by atoms with Crippen molar-refractivity contribution in [1.82, 2.24) is 19.8 Å². The summed E-state index contributed by atoms with van der Waals surface area (Å²) in [6, 6.07) is 8.03. The van der Waals surface area contributed by atoms with Gasteiger partial charge in [-0.3, -0.25) is 4.98 Å². The number of sulfonamides is 1. The number of benzene rings is 1. The molecule has 7 nitrogen and oxygen atoms in total. The van der Waals surface area contributed by atoms with Crippen LogP contribution >= 0.6 is 0 Å². The van der Waals surface area contributed by atoms with E-state index < -0.39 is 16.1 Å². The van der Waals surface area contributed by atoms with Crippen LogP contribution in [0.4, 0.5) is 0 Å². The van der Waals surface area contributed by atoms with E-state index in [4.69, 9.17) is 4.52 Å². The van der Waals surface area contributed by atoms with Gasteiger partial charge < -0.3 is 4.52 Å². The lowest BCUT2D eigenvalue weighted by atomic mass is 10.1. The van der Waals surface area contributed by atoms with E-state index in [2.05, 4.69) is 19.8 Å². The van der Waals surface area contributed by atoms with E-state index in [1.165, 1.54) is 6.07 Å². The van der Waals surface area contributed by atoms with Crippen LogP contribution in [0.3, 0.4) is 0 Å². The Balaban J connectivity index is 2.03. The SMILES string of the molecule is Cc1noc(C(NS(=O)(=O)c2cccc3cccnc23)C(C)C)n1. The summed E-state index contributed by atoms with van der Waals surface area (Å²) in [5, 5.41) is 4.50. The molecule has 0 aliphatic carbocycles. The fraction of sp³-hybridized carbons (Fsp3) is 0.312. The summed E-state index contributed by atoms with van der Waals surface area (Å²) in [7, 11) is -3.81. The van der Waals surface area contributed by atoms with Crippen LogP contribution in [0.1, 0.15) is 31.6 Å². The van der Waals surface area contributed by atoms with E-state index >= 15 is 0 Å². The van der Waals surface area contributed by atoms with Crippen molar-refractivity contribution in [3.63, 3.8) is 0 Å². The van der Waals surface area contributed by atoms with Crippen molar-refractivity contribution in [3.8, 4) is 0 Å². The molecule has 8 heteroatoms. The average Bonchev–Trinajstić information content (AvgIpc) is 2.98. The maximum absolute atomic E-state index is 12.9. The third-order valence-electron chi connectivity index (χ3n) is 3.64. The van der Waals surface area contributed by atoms with Gasteiger partial charge >= 0.3 is 0 Å². The van der Waals surface area contributed by atoms with Crippen molar-refractivity contribution in [2.24, 2.45) is 5.92 Å². The van der Waals surface area contributed by atoms with Crippen molar-refractivity contribution in [3.05, 3.63) is 48.2 Å². The molecule has 0 aliphatic heterocycles. The number of hydrogen-bond acceptors (Lipinski definition) is 6. The van der Waals surface area contributed by atoms with Gasteiger partial charge in [0, 0.05) is 11.6 Å². The minimum Gasteiger partial charge on any atom is -0.338 e. The average molecular weight is 346 g/mol. The summed E-state index contributed by atoms with van der Waals surface area (Å²) in [6.45, 7) is 5.45. The molecule has 1 atom stereocenters. The molecule has 126 valence electrons. The molecule has 24 heavy (non-hydrogen) atoms. The Hall–Kier alpha value is -2.32. The summed E-state index contributed by atoms with van der Waals surface area (Å²) in [5.74, 6) is 0.642. The molecule has 3 rings (SSSR count). The molecule has 2 aromatic heterocycles. The quantitative estimate of drug-likeness (QED) is 0.762. The van der Waals surface area contributed by atoms with Crippen LogP contribution in [0.15, 0.2) is 45.9 Å². The first-order valence-corrected chi connectivity index (χ1v) is 9.03. The molecule has 1 unspecified atom stereocenters. The van der Waals surface area contributed by atoms with Crippen LogP contribution in [0, 0.1) is 12.8 Å². The summed E-state index contributed by atoms with van der Waals surface area (Å²) in [6.07, 6.45) is 1.57. The van der Waals surface area contributed by atoms with Crippen LogP contribution in [0.2, 0.25) is 0 Å². The number of nitrogens with zero attached hydrogens (tertiary/aromatic N) is 3. The molecule has 1 aromatic carbocycles. The monoisotopic (exact) mass is 346 g/mol. The molecule has 0 amide bonds. The Morgan fingerprint density at radius 1 is 1.17 bits per heavy atom. The molecule has 0 aliphatic rings. The van der Waals surface area contributed by atoms with Gasteiger partial charge in [0.2, 0.25) is 15.9 Å². The molecule has 1 N–H and O–H groups in total. The maximum atomic E-state index is 12.9. The van der Waals surface area contributed by atoms with Crippen LogP contribution in [-0.2, 0) is 10.0 Å². The van der Waals surface area contributed by atoms with Crippen LogP contribution in [0.25, 0.3) is 10.9 Å². The smallest absolute Gasteiger partial charge is 0.245 e. The molecule has 0 saturated carbocycles. The van der Waals surface area contributed by atoms with Gasteiger partial charge in [-0.2, -0.15) is 9.71 Å². The molecule has 2 heterocycles. The lowest BCUT2D eigenvalue weighted by Crippen LogP contribution is -2.32. The van der Waals surface area contributed by atoms with Crippen molar-refractivity contribution in [2.45, 2.75) is 31.7 Å². The topological polar surface area (TPSA) is 98.0 Å². The van der Waals surface area contributed by atoms with Crippen molar-refractivity contribution < 1.29 is 12.9 Å². The predicted molar refractivity (Wildman–Crippen MR) is 88.7 cm³/mol. The zero-order valence-electron chi connectivity index (χ0n) is 13.6. The molecule has 0 radical (unpaired) electrons. The Morgan fingerprint density at radius 3 is 2.58 bits per heavy atom. The van der Waals surface area contributed by atoms with E-state index in [1.807, 2.05) is 26.0 Å². The Labute approximate surface area is 140 Å². The van der Waals surface area contributed by atoms with Gasteiger partial charge in [-0.15, -0.1) is 0 Å². The summed E-state index contributed by atoms with van der Waals surface area (Å²) >= 11 is 0. The zero-order chi connectivity index (χ0) is 17.3. The van der Waals surface area contributed by atoms with Gasteiger partial charge in [0.1, 0.15) is 10.9 Å². The minimum absolute atomic E-state index is 0.0671. The molecule has 0 bridgehead atoms. The lowest BCUT2D eigenvalue weighted by Gasteiger charge is -2.19. The Bertz CT molecular complexity index is 961. The first-order chi connectivity index (χ1) is 11.4. The van der Waals surface area contributed by atoms with Gasteiger partial charge in [-0.05, 0) is 25.0 Å². The highest BCUT2D eigenvalue weighted by molar-refractivity contribution is 7.89. The van der Waals surface area contributed by atoms with E-state index in [0.717, 1.165) is 5.39 Å². The molecule has 0 fully saturated rings. The summed E-state index contributed by atoms with van der Waals surface area (Å²) in [5.41, 5.74) is 0.428. The maximum Gasteiger partial charge on any atom is 0.245 e. The van der Waals surface area contributed by atoms with E-state index in [9.17, 15) is 8.42 Å². The van der Waals surface area contributed by atoms with Crippen molar-refractivity contribution in [1.29, 1.82) is 0 Å². The highest BCUT2D eigenvalue weighted by Crippen LogP contribution is 2.26. The molecule has 3 aromatic rings. The van der Waals surface area contributed by atoms with Gasteiger partial charge in [-0.1, -0.05) is 37.2 Å². The molecular formula is C16H18N4O3S. The number of para-hydroxylation sites is 1. The highest BCUT2D eigenvalue weighted by Gasteiger charge is 2.29. The number of hydrogen-bond donors (Lipinski definition) is 1.